The highest BCUT2D eigenvalue weighted by atomic mass is 16.6. The highest BCUT2D eigenvalue weighted by Gasteiger charge is 2.33. The van der Waals surface area contributed by atoms with Gasteiger partial charge in [0.05, 0.1) is 6.04 Å². The van der Waals surface area contributed by atoms with Gasteiger partial charge in [0.2, 0.25) is 11.8 Å². The zero-order valence-electron chi connectivity index (χ0n) is 18.3. The lowest BCUT2D eigenvalue weighted by Gasteiger charge is -2.33. The van der Waals surface area contributed by atoms with E-state index in [1.165, 1.54) is 4.90 Å². The summed E-state index contributed by atoms with van der Waals surface area (Å²) in [5.74, 6) is 0.0255. The number of likely N-dealkylation sites (tertiary alicyclic amines) is 1. The van der Waals surface area contributed by atoms with Gasteiger partial charge in [-0.25, -0.2) is 4.79 Å². The maximum absolute atomic E-state index is 12.5. The average Bonchev–Trinajstić information content (AvgIpc) is 3.32. The first-order chi connectivity index (χ1) is 14.9. The summed E-state index contributed by atoms with van der Waals surface area (Å²) in [6.07, 6.45) is 4.81. The Morgan fingerprint density at radius 1 is 1.13 bits per heavy atom. The van der Waals surface area contributed by atoms with Crippen molar-refractivity contribution < 1.29 is 19.1 Å². The lowest BCUT2D eigenvalue weighted by Crippen LogP contribution is -2.49. The van der Waals surface area contributed by atoms with Crippen molar-refractivity contribution in [3.63, 3.8) is 0 Å². The Bertz CT molecular complexity index is 743. The molecule has 0 unspecified atom stereocenters. The van der Waals surface area contributed by atoms with E-state index >= 15 is 0 Å². The minimum Gasteiger partial charge on any atom is -0.445 e. The molecule has 1 aliphatic carbocycles. The molecule has 8 nitrogen and oxygen atoms in total. The molecule has 0 aromatic heterocycles. The molecule has 170 valence electrons. The Labute approximate surface area is 184 Å². The van der Waals surface area contributed by atoms with Gasteiger partial charge in [0.15, 0.2) is 0 Å². The molecular formula is C23H34N4O4. The number of nitrogens with two attached hydrogens (primary N) is 1. The fourth-order valence-electron chi connectivity index (χ4n) is 4.36. The van der Waals surface area contributed by atoms with Crippen molar-refractivity contribution in [2.75, 3.05) is 26.7 Å². The van der Waals surface area contributed by atoms with Gasteiger partial charge in [-0.2, -0.15) is 0 Å². The van der Waals surface area contributed by atoms with Crippen LogP contribution in [0.3, 0.4) is 0 Å². The van der Waals surface area contributed by atoms with Gasteiger partial charge in [-0.3, -0.25) is 9.59 Å². The van der Waals surface area contributed by atoms with Crippen LogP contribution in [0.5, 0.6) is 0 Å². The number of carbonyl (C=O) groups is 3. The number of amides is 3. The van der Waals surface area contributed by atoms with Crippen molar-refractivity contribution in [3.05, 3.63) is 35.9 Å². The number of benzene rings is 1. The third-order valence-corrected chi connectivity index (χ3v) is 6.25. The first kappa shape index (κ1) is 23.1. The second-order valence-corrected chi connectivity index (χ2v) is 8.63. The van der Waals surface area contributed by atoms with Crippen LogP contribution in [-0.2, 0) is 20.9 Å². The summed E-state index contributed by atoms with van der Waals surface area (Å²) < 4.78 is 5.24. The molecule has 8 heteroatoms. The number of nitrogens with one attached hydrogen (secondary N) is 1. The molecule has 3 rings (SSSR count). The smallest absolute Gasteiger partial charge is 0.410 e. The third kappa shape index (κ3) is 6.69. The Morgan fingerprint density at radius 2 is 1.77 bits per heavy atom. The summed E-state index contributed by atoms with van der Waals surface area (Å²) in [4.78, 5) is 40.1. The highest BCUT2D eigenvalue weighted by Crippen LogP contribution is 2.27. The van der Waals surface area contributed by atoms with Gasteiger partial charge < -0.3 is 25.6 Å². The molecule has 1 aromatic rings. The van der Waals surface area contributed by atoms with Crippen LogP contribution in [0.15, 0.2) is 30.3 Å². The summed E-state index contributed by atoms with van der Waals surface area (Å²) in [5, 5.41) is 3.00. The van der Waals surface area contributed by atoms with E-state index in [1.807, 2.05) is 35.2 Å². The van der Waals surface area contributed by atoms with Crippen LogP contribution in [0.1, 0.15) is 44.1 Å². The van der Waals surface area contributed by atoms with E-state index in [0.29, 0.717) is 0 Å². The molecule has 3 N–H and O–H groups in total. The van der Waals surface area contributed by atoms with Crippen LogP contribution in [-0.4, -0.2) is 66.5 Å². The van der Waals surface area contributed by atoms with Crippen LogP contribution >= 0.6 is 0 Å². The molecule has 2 fully saturated rings. The SMILES string of the molecule is CN(CC(=O)NC1CCC([C@H](N)C(=O)N2CCCC2)CC1)C(=O)OCc1ccccc1. The number of carbonyl (C=O) groups excluding carboxylic acids is 3. The number of nitrogens with zero attached hydrogens (tertiary/aromatic N) is 2. The van der Waals surface area contributed by atoms with Crippen LogP contribution < -0.4 is 11.1 Å². The van der Waals surface area contributed by atoms with Gasteiger partial charge in [0.1, 0.15) is 13.2 Å². The largest absolute Gasteiger partial charge is 0.445 e. The summed E-state index contributed by atoms with van der Waals surface area (Å²) in [6.45, 7) is 1.75. The average molecular weight is 431 g/mol. The van der Waals surface area contributed by atoms with Crippen molar-refractivity contribution in [2.45, 2.75) is 57.2 Å². The van der Waals surface area contributed by atoms with E-state index in [2.05, 4.69) is 5.32 Å². The van der Waals surface area contributed by atoms with E-state index < -0.39 is 12.1 Å². The van der Waals surface area contributed by atoms with E-state index in [1.54, 1.807) is 7.05 Å². The van der Waals surface area contributed by atoms with E-state index in [-0.39, 0.29) is 36.9 Å². The zero-order chi connectivity index (χ0) is 22.2. The van der Waals surface area contributed by atoms with Crippen molar-refractivity contribution in [2.24, 2.45) is 11.7 Å². The quantitative estimate of drug-likeness (QED) is 0.687. The zero-order valence-corrected chi connectivity index (χ0v) is 18.3. The predicted octanol–water partition coefficient (Wildman–Crippen LogP) is 1.88. The third-order valence-electron chi connectivity index (χ3n) is 6.25. The van der Waals surface area contributed by atoms with Crippen LogP contribution in [0.2, 0.25) is 0 Å². The Hall–Kier alpha value is -2.61. The minimum atomic E-state index is -0.533. The van der Waals surface area contributed by atoms with Gasteiger partial charge in [-0.1, -0.05) is 30.3 Å². The van der Waals surface area contributed by atoms with Crippen LogP contribution in [0.4, 0.5) is 4.79 Å². The molecule has 1 atom stereocenters. The number of rotatable bonds is 7. The van der Waals surface area contributed by atoms with Gasteiger partial charge in [-0.15, -0.1) is 0 Å². The fraction of sp³-hybridized carbons (Fsp3) is 0.609. The molecular weight excluding hydrogens is 396 g/mol. The standard InChI is InChI=1S/C23H34N4O4/c1-26(23(30)31-16-17-7-3-2-4-8-17)15-20(28)25-19-11-9-18(10-12-19)21(24)22(29)27-13-5-6-14-27/h2-4,7-8,18-19,21H,5-6,9-16,24H2,1H3,(H,25,28)/t18?,19?,21-/m0/s1. The molecule has 0 radical (unpaired) electrons. The topological polar surface area (TPSA) is 105 Å². The molecule has 3 amide bonds. The summed E-state index contributed by atoms with van der Waals surface area (Å²) in [5.41, 5.74) is 7.15. The molecule has 1 saturated heterocycles. The molecule has 0 bridgehead atoms. The second-order valence-electron chi connectivity index (χ2n) is 8.63. The monoisotopic (exact) mass is 430 g/mol. The number of hydrogen-bond donors (Lipinski definition) is 2. The van der Waals surface area contributed by atoms with Crippen molar-refractivity contribution in [3.8, 4) is 0 Å². The van der Waals surface area contributed by atoms with Gasteiger partial charge >= 0.3 is 6.09 Å². The molecule has 31 heavy (non-hydrogen) atoms. The van der Waals surface area contributed by atoms with Crippen LogP contribution in [0, 0.1) is 5.92 Å². The van der Waals surface area contributed by atoms with E-state index in [4.69, 9.17) is 10.5 Å². The Morgan fingerprint density at radius 3 is 2.42 bits per heavy atom. The van der Waals surface area contributed by atoms with Gasteiger partial charge in [0, 0.05) is 26.2 Å². The minimum absolute atomic E-state index is 0.0478. The molecule has 1 saturated carbocycles. The number of ether oxygens (including phenoxy) is 1. The number of likely N-dealkylation sites (N-methyl/N-ethyl adjacent to an activating group) is 1. The first-order valence-electron chi connectivity index (χ1n) is 11.2. The normalized spacial score (nSPS) is 21.9. The molecule has 1 aromatic carbocycles. The summed E-state index contributed by atoms with van der Waals surface area (Å²) in [7, 11) is 1.55. The lowest BCUT2D eigenvalue weighted by atomic mass is 9.81. The Balaban J connectivity index is 1.35. The maximum Gasteiger partial charge on any atom is 0.410 e. The van der Waals surface area contributed by atoms with E-state index in [9.17, 15) is 14.4 Å². The second kappa shape index (κ2) is 11.1. The van der Waals surface area contributed by atoms with Crippen LogP contribution in [0.25, 0.3) is 0 Å². The maximum atomic E-state index is 12.5. The molecule has 0 spiro atoms. The Kier molecular flexibility index (Phi) is 8.28. The molecule has 2 aliphatic rings. The van der Waals surface area contributed by atoms with E-state index in [0.717, 1.165) is 57.2 Å². The fourth-order valence-corrected chi connectivity index (χ4v) is 4.36. The lowest BCUT2D eigenvalue weighted by molar-refractivity contribution is -0.133. The first-order valence-corrected chi connectivity index (χ1v) is 11.2. The van der Waals surface area contributed by atoms with Gasteiger partial charge in [0.25, 0.3) is 0 Å². The predicted molar refractivity (Wildman–Crippen MR) is 117 cm³/mol. The van der Waals surface area contributed by atoms with Crippen molar-refractivity contribution in [1.29, 1.82) is 0 Å². The molecule has 1 aliphatic heterocycles. The van der Waals surface area contributed by atoms with Crippen molar-refractivity contribution in [1.82, 2.24) is 15.1 Å². The summed E-state index contributed by atoms with van der Waals surface area (Å²) in [6, 6.07) is 9.01. The number of hydrogen-bond acceptors (Lipinski definition) is 5. The van der Waals surface area contributed by atoms with Crippen molar-refractivity contribution >= 4 is 17.9 Å². The summed E-state index contributed by atoms with van der Waals surface area (Å²) >= 11 is 0. The molecule has 1 heterocycles. The highest BCUT2D eigenvalue weighted by molar-refractivity contribution is 5.83. The van der Waals surface area contributed by atoms with Gasteiger partial charge in [-0.05, 0) is 50.0 Å².